The fourth-order valence-corrected chi connectivity index (χ4v) is 2.56. The monoisotopic (exact) mass is 349 g/mol. The van der Waals surface area contributed by atoms with Crippen molar-refractivity contribution in [2.24, 2.45) is 0 Å². The van der Waals surface area contributed by atoms with Crippen LogP contribution in [0.25, 0.3) is 0 Å². The molecule has 2 aromatic rings. The van der Waals surface area contributed by atoms with Crippen molar-refractivity contribution in [3.63, 3.8) is 0 Å². The molecule has 1 aromatic carbocycles. The molecule has 2 N–H and O–H groups in total. The first-order valence-electron chi connectivity index (χ1n) is 7.61. The van der Waals surface area contributed by atoms with Crippen molar-refractivity contribution in [3.8, 4) is 11.5 Å². The Labute approximate surface area is 146 Å². The molecule has 1 aromatic heterocycles. The highest BCUT2D eigenvalue weighted by molar-refractivity contribution is 7.13. The molecular weight excluding hydrogens is 326 g/mol. The van der Waals surface area contributed by atoms with Gasteiger partial charge in [0.15, 0.2) is 23.2 Å². The zero-order valence-corrected chi connectivity index (χ0v) is 15.2. The van der Waals surface area contributed by atoms with Gasteiger partial charge in [0.05, 0.1) is 7.11 Å². The van der Waals surface area contributed by atoms with Crippen LogP contribution in [0.4, 0.5) is 5.13 Å². The first-order valence-corrected chi connectivity index (χ1v) is 8.49. The second-order valence-corrected chi connectivity index (χ2v) is 7.16. The summed E-state index contributed by atoms with van der Waals surface area (Å²) in [6.07, 6.45) is 1.76. The largest absolute Gasteiger partial charge is 0.493 e. The number of hydrogen-bond acceptors (Lipinski definition) is 6. The molecule has 0 fully saturated rings. The van der Waals surface area contributed by atoms with Crippen LogP contribution >= 0.6 is 11.3 Å². The van der Waals surface area contributed by atoms with Crippen LogP contribution in [0.3, 0.4) is 0 Å². The summed E-state index contributed by atoms with van der Waals surface area (Å²) in [6.45, 7) is 6.36. The summed E-state index contributed by atoms with van der Waals surface area (Å²) in [6, 6.07) is 5.62. The first kappa shape index (κ1) is 18.1. The average molecular weight is 349 g/mol. The molecule has 7 heteroatoms. The number of benzene rings is 1. The van der Waals surface area contributed by atoms with Crippen LogP contribution in [-0.2, 0) is 11.3 Å². The second kappa shape index (κ2) is 8.01. The van der Waals surface area contributed by atoms with Gasteiger partial charge in [-0.25, -0.2) is 4.98 Å². The van der Waals surface area contributed by atoms with Crippen molar-refractivity contribution in [2.75, 3.05) is 19.0 Å². The number of anilines is 1. The summed E-state index contributed by atoms with van der Waals surface area (Å²) in [7, 11) is 1.58. The number of hydrogen-bond donors (Lipinski definition) is 2. The Bertz CT molecular complexity index is 666. The summed E-state index contributed by atoms with van der Waals surface area (Å²) >= 11 is 1.55. The van der Waals surface area contributed by atoms with Crippen LogP contribution in [0.5, 0.6) is 11.5 Å². The summed E-state index contributed by atoms with van der Waals surface area (Å²) in [5.41, 5.74) is 0.754. The third-order valence-corrected chi connectivity index (χ3v) is 3.71. The zero-order valence-electron chi connectivity index (χ0n) is 14.4. The summed E-state index contributed by atoms with van der Waals surface area (Å²) in [5, 5.41) is 8.88. The van der Waals surface area contributed by atoms with Crippen LogP contribution < -0.4 is 20.1 Å². The van der Waals surface area contributed by atoms with Crippen LogP contribution in [0.15, 0.2) is 29.8 Å². The van der Waals surface area contributed by atoms with Gasteiger partial charge >= 0.3 is 0 Å². The van der Waals surface area contributed by atoms with E-state index in [0.29, 0.717) is 18.0 Å². The van der Waals surface area contributed by atoms with E-state index in [0.717, 1.165) is 10.7 Å². The maximum Gasteiger partial charge on any atom is 0.258 e. The topological polar surface area (TPSA) is 72.5 Å². The van der Waals surface area contributed by atoms with E-state index in [1.54, 1.807) is 24.6 Å². The number of nitrogens with one attached hydrogen (secondary N) is 2. The van der Waals surface area contributed by atoms with Gasteiger partial charge in [0.1, 0.15) is 0 Å². The third kappa shape index (κ3) is 5.73. The average Bonchev–Trinajstić information content (AvgIpc) is 3.03. The number of methoxy groups -OCH3 is 1. The summed E-state index contributed by atoms with van der Waals surface area (Å²) in [4.78, 5) is 16.0. The lowest BCUT2D eigenvalue weighted by molar-refractivity contribution is -0.124. The number of amides is 1. The maximum atomic E-state index is 11.8. The molecule has 0 saturated carbocycles. The third-order valence-electron chi connectivity index (χ3n) is 2.98. The minimum absolute atomic E-state index is 0.0512. The van der Waals surface area contributed by atoms with E-state index in [4.69, 9.17) is 9.47 Å². The number of ether oxygens (including phenoxy) is 2. The van der Waals surface area contributed by atoms with Gasteiger partial charge in [-0.2, -0.15) is 0 Å². The van der Waals surface area contributed by atoms with Gasteiger partial charge in [-0.3, -0.25) is 4.79 Å². The van der Waals surface area contributed by atoms with E-state index in [1.807, 2.05) is 44.4 Å². The number of aromatic nitrogens is 1. The predicted molar refractivity (Wildman–Crippen MR) is 95.8 cm³/mol. The number of thiazole rings is 1. The molecule has 0 spiro atoms. The molecule has 1 heterocycles. The van der Waals surface area contributed by atoms with Crippen LogP contribution in [0, 0.1) is 0 Å². The molecule has 1 amide bonds. The second-order valence-electron chi connectivity index (χ2n) is 6.26. The Morgan fingerprint density at radius 1 is 1.29 bits per heavy atom. The van der Waals surface area contributed by atoms with Crippen molar-refractivity contribution in [1.29, 1.82) is 0 Å². The minimum atomic E-state index is -0.282. The maximum absolute atomic E-state index is 11.8. The lowest BCUT2D eigenvalue weighted by Crippen LogP contribution is -2.43. The number of carbonyl (C=O) groups excluding carboxylic acids is 1. The highest BCUT2D eigenvalue weighted by Crippen LogP contribution is 2.28. The predicted octanol–water partition coefficient (Wildman–Crippen LogP) is 3.06. The van der Waals surface area contributed by atoms with Crippen molar-refractivity contribution >= 4 is 22.4 Å². The van der Waals surface area contributed by atoms with Gasteiger partial charge in [-0.1, -0.05) is 6.07 Å². The molecule has 2 rings (SSSR count). The standard InChI is InChI=1S/C17H23N3O3S/c1-17(2,3)20-15(21)11-23-13-6-5-12(9-14(13)22-4)10-19-16-18-7-8-24-16/h5-9H,10-11H2,1-4H3,(H,18,19)(H,20,21). The van der Waals surface area contributed by atoms with Gasteiger partial charge in [0.25, 0.3) is 5.91 Å². The van der Waals surface area contributed by atoms with Crippen molar-refractivity contribution in [1.82, 2.24) is 10.3 Å². The molecule has 0 bridgehead atoms. The number of rotatable bonds is 7. The molecule has 24 heavy (non-hydrogen) atoms. The fraction of sp³-hybridized carbons (Fsp3) is 0.412. The van der Waals surface area contributed by atoms with E-state index < -0.39 is 0 Å². The molecule has 0 radical (unpaired) electrons. The molecule has 0 atom stereocenters. The molecule has 6 nitrogen and oxygen atoms in total. The smallest absolute Gasteiger partial charge is 0.258 e. The van der Waals surface area contributed by atoms with Crippen LogP contribution in [0.2, 0.25) is 0 Å². The highest BCUT2D eigenvalue weighted by Gasteiger charge is 2.15. The van der Waals surface area contributed by atoms with Crippen molar-refractivity contribution in [3.05, 3.63) is 35.3 Å². The van der Waals surface area contributed by atoms with Crippen LogP contribution in [0.1, 0.15) is 26.3 Å². The van der Waals surface area contributed by atoms with E-state index in [1.165, 1.54) is 0 Å². The zero-order chi connectivity index (χ0) is 17.6. The lowest BCUT2D eigenvalue weighted by atomic mass is 10.1. The van der Waals surface area contributed by atoms with Gasteiger partial charge in [-0.05, 0) is 38.5 Å². The van der Waals surface area contributed by atoms with E-state index in [2.05, 4.69) is 15.6 Å². The van der Waals surface area contributed by atoms with E-state index in [9.17, 15) is 4.79 Å². The van der Waals surface area contributed by atoms with Gasteiger partial charge in [0.2, 0.25) is 0 Å². The molecule has 0 aliphatic rings. The highest BCUT2D eigenvalue weighted by atomic mass is 32.1. The molecule has 0 unspecified atom stereocenters. The Morgan fingerprint density at radius 2 is 2.08 bits per heavy atom. The summed E-state index contributed by atoms with van der Waals surface area (Å²) < 4.78 is 10.9. The SMILES string of the molecule is COc1cc(CNc2nccs2)ccc1OCC(=O)NC(C)(C)C. The normalized spacial score (nSPS) is 11.0. The van der Waals surface area contributed by atoms with Crippen molar-refractivity contribution < 1.29 is 14.3 Å². The molecule has 130 valence electrons. The molecule has 0 aliphatic carbocycles. The summed E-state index contributed by atoms with van der Waals surface area (Å²) in [5.74, 6) is 0.968. The Kier molecular flexibility index (Phi) is 6.03. The Balaban J connectivity index is 1.94. The number of carbonyl (C=O) groups is 1. The molecule has 0 saturated heterocycles. The van der Waals surface area contributed by atoms with Gasteiger partial charge < -0.3 is 20.1 Å². The van der Waals surface area contributed by atoms with E-state index >= 15 is 0 Å². The Morgan fingerprint density at radius 3 is 2.71 bits per heavy atom. The van der Waals surface area contributed by atoms with Gasteiger partial charge in [0, 0.05) is 23.7 Å². The Hall–Kier alpha value is -2.28. The van der Waals surface area contributed by atoms with Crippen LogP contribution in [-0.4, -0.2) is 30.1 Å². The quantitative estimate of drug-likeness (QED) is 0.804. The minimum Gasteiger partial charge on any atom is -0.493 e. The molecular formula is C17H23N3O3S. The van der Waals surface area contributed by atoms with Gasteiger partial charge in [-0.15, -0.1) is 11.3 Å². The first-order chi connectivity index (χ1) is 11.4. The molecule has 0 aliphatic heterocycles. The van der Waals surface area contributed by atoms with Crippen molar-refractivity contribution in [2.45, 2.75) is 32.9 Å². The lowest BCUT2D eigenvalue weighted by Gasteiger charge is -2.20. The number of nitrogens with zero attached hydrogens (tertiary/aromatic N) is 1. The fourth-order valence-electron chi connectivity index (χ4n) is 2.03. The van der Waals surface area contributed by atoms with E-state index in [-0.39, 0.29) is 18.1 Å².